The van der Waals surface area contributed by atoms with Crippen LogP contribution >= 0.6 is 0 Å². The van der Waals surface area contributed by atoms with E-state index in [0.29, 0.717) is 0 Å². The molecule has 0 aromatic carbocycles. The maximum Gasteiger partial charge on any atom is 0.222 e. The SMILES string of the molecule is C=C(CC(C(=O)N(C)C)[Si](C)(C)C)[Si](C)(C)C. The smallest absolute Gasteiger partial charge is 0.222 e. The molecule has 0 spiro atoms. The van der Waals surface area contributed by atoms with E-state index in [1.807, 2.05) is 14.1 Å². The first-order chi connectivity index (χ1) is 7.37. The van der Waals surface area contributed by atoms with Crippen molar-refractivity contribution < 1.29 is 4.79 Å². The Labute approximate surface area is 109 Å². The van der Waals surface area contributed by atoms with Crippen LogP contribution in [0.5, 0.6) is 0 Å². The van der Waals surface area contributed by atoms with Crippen LogP contribution in [0.15, 0.2) is 11.8 Å². The van der Waals surface area contributed by atoms with Gasteiger partial charge in [0.1, 0.15) is 0 Å². The van der Waals surface area contributed by atoms with Gasteiger partial charge in [-0.1, -0.05) is 44.5 Å². The first-order valence-electron chi connectivity index (χ1n) is 6.26. The number of nitrogens with zero attached hydrogens (tertiary/aromatic N) is 1. The number of carbonyl (C=O) groups excluding carboxylic acids is 1. The summed E-state index contributed by atoms with van der Waals surface area (Å²) < 4.78 is 0. The second-order valence-corrected chi connectivity index (χ2v) is 17.8. The van der Waals surface area contributed by atoms with Crippen LogP contribution in [0, 0.1) is 0 Å². The Morgan fingerprint density at radius 1 is 1.12 bits per heavy atom. The van der Waals surface area contributed by atoms with E-state index in [9.17, 15) is 4.79 Å². The number of amides is 1. The first-order valence-corrected chi connectivity index (χ1v) is 13.3. The molecule has 17 heavy (non-hydrogen) atoms. The summed E-state index contributed by atoms with van der Waals surface area (Å²) in [6, 6.07) is 0. The molecule has 0 fully saturated rings. The standard InChI is InChI=1S/C13H29NOSi2/c1-11(16(4,5)6)10-12(17(7,8)9)13(15)14(2)3/h12H,1,10H2,2-9H3. The molecule has 0 aromatic rings. The van der Waals surface area contributed by atoms with Crippen molar-refractivity contribution in [2.24, 2.45) is 0 Å². The Morgan fingerprint density at radius 2 is 1.53 bits per heavy atom. The van der Waals surface area contributed by atoms with Crippen molar-refractivity contribution in [3.8, 4) is 0 Å². The van der Waals surface area contributed by atoms with E-state index in [1.54, 1.807) is 4.90 Å². The Bertz CT molecular complexity index is 298. The molecule has 1 amide bonds. The maximum absolute atomic E-state index is 12.3. The van der Waals surface area contributed by atoms with Gasteiger partial charge < -0.3 is 4.90 Å². The van der Waals surface area contributed by atoms with Gasteiger partial charge in [0.15, 0.2) is 0 Å². The number of rotatable bonds is 5. The van der Waals surface area contributed by atoms with Gasteiger partial charge in [0.25, 0.3) is 0 Å². The Balaban J connectivity index is 5.00. The molecule has 0 bridgehead atoms. The lowest BCUT2D eigenvalue weighted by atomic mass is 10.2. The fourth-order valence-electron chi connectivity index (χ4n) is 1.63. The summed E-state index contributed by atoms with van der Waals surface area (Å²) in [5.41, 5.74) is 0.178. The zero-order valence-corrected chi connectivity index (χ0v) is 14.8. The van der Waals surface area contributed by atoms with Crippen molar-refractivity contribution in [2.75, 3.05) is 14.1 Å². The predicted octanol–water partition coefficient (Wildman–Crippen LogP) is 3.61. The third-order valence-corrected chi connectivity index (χ3v) is 8.16. The summed E-state index contributed by atoms with van der Waals surface area (Å²) in [5.74, 6) is 0.281. The summed E-state index contributed by atoms with van der Waals surface area (Å²) >= 11 is 0. The number of hydrogen-bond donors (Lipinski definition) is 0. The van der Waals surface area contributed by atoms with E-state index in [0.717, 1.165) is 6.42 Å². The van der Waals surface area contributed by atoms with Crippen LogP contribution in [-0.2, 0) is 4.79 Å². The molecule has 100 valence electrons. The molecule has 0 rings (SSSR count). The van der Waals surface area contributed by atoms with E-state index >= 15 is 0 Å². The van der Waals surface area contributed by atoms with Crippen LogP contribution in [0.3, 0.4) is 0 Å². The molecule has 0 N–H and O–H groups in total. The summed E-state index contributed by atoms with van der Waals surface area (Å²) in [6.45, 7) is 18.0. The topological polar surface area (TPSA) is 20.3 Å². The minimum absolute atomic E-state index is 0.178. The highest BCUT2D eigenvalue weighted by Gasteiger charge is 2.35. The van der Waals surface area contributed by atoms with Crippen LogP contribution in [0.1, 0.15) is 6.42 Å². The van der Waals surface area contributed by atoms with Crippen LogP contribution in [0.25, 0.3) is 0 Å². The lowest BCUT2D eigenvalue weighted by Gasteiger charge is -2.33. The molecule has 0 saturated carbocycles. The summed E-state index contributed by atoms with van der Waals surface area (Å²) in [7, 11) is 0.898. The van der Waals surface area contributed by atoms with Crippen molar-refractivity contribution >= 4 is 22.1 Å². The van der Waals surface area contributed by atoms with E-state index in [-0.39, 0.29) is 11.4 Å². The zero-order valence-electron chi connectivity index (χ0n) is 12.8. The number of hydrogen-bond acceptors (Lipinski definition) is 1. The average Bonchev–Trinajstić information content (AvgIpc) is 2.08. The van der Waals surface area contributed by atoms with Gasteiger partial charge in [-0.3, -0.25) is 4.79 Å². The summed E-state index contributed by atoms with van der Waals surface area (Å²) in [4.78, 5) is 14.0. The van der Waals surface area contributed by atoms with Gasteiger partial charge in [0.05, 0.1) is 16.1 Å². The fraction of sp³-hybridized carbons (Fsp3) is 0.769. The summed E-state index contributed by atoms with van der Waals surface area (Å²) in [6.07, 6.45) is 0.891. The fourth-order valence-corrected chi connectivity index (χ4v) is 4.51. The third-order valence-electron chi connectivity index (χ3n) is 3.30. The highest BCUT2D eigenvalue weighted by atomic mass is 28.3. The van der Waals surface area contributed by atoms with Gasteiger partial charge in [0, 0.05) is 19.6 Å². The maximum atomic E-state index is 12.3. The van der Waals surface area contributed by atoms with Crippen molar-refractivity contribution in [1.29, 1.82) is 0 Å². The molecule has 4 heteroatoms. The normalized spacial score (nSPS) is 14.4. The van der Waals surface area contributed by atoms with E-state index < -0.39 is 16.1 Å². The van der Waals surface area contributed by atoms with Crippen molar-refractivity contribution in [3.63, 3.8) is 0 Å². The van der Waals surface area contributed by atoms with Crippen LogP contribution in [0.4, 0.5) is 0 Å². The zero-order chi connectivity index (χ0) is 14.0. The Morgan fingerprint density at radius 3 is 1.76 bits per heavy atom. The van der Waals surface area contributed by atoms with Gasteiger partial charge in [-0.2, -0.15) is 0 Å². The molecule has 0 saturated heterocycles. The lowest BCUT2D eigenvalue weighted by Crippen LogP contribution is -2.41. The molecule has 1 unspecified atom stereocenters. The van der Waals surface area contributed by atoms with Crippen molar-refractivity contribution in [2.45, 2.75) is 51.2 Å². The molecule has 0 radical (unpaired) electrons. The van der Waals surface area contributed by atoms with E-state index in [2.05, 4.69) is 45.9 Å². The molecule has 0 aromatic heterocycles. The number of allylic oxidation sites excluding steroid dienone is 1. The van der Waals surface area contributed by atoms with Gasteiger partial charge in [-0.05, 0) is 6.42 Å². The minimum atomic E-state index is -1.48. The molecule has 2 nitrogen and oxygen atoms in total. The van der Waals surface area contributed by atoms with E-state index in [1.165, 1.54) is 5.20 Å². The van der Waals surface area contributed by atoms with Crippen LogP contribution < -0.4 is 0 Å². The second kappa shape index (κ2) is 5.52. The second-order valence-electron chi connectivity index (χ2n) is 7.21. The molecule has 0 heterocycles. The Hall–Kier alpha value is -0.356. The monoisotopic (exact) mass is 271 g/mol. The number of carbonyl (C=O) groups is 1. The highest BCUT2D eigenvalue weighted by Crippen LogP contribution is 2.33. The first kappa shape index (κ1) is 16.6. The quantitative estimate of drug-likeness (QED) is 0.700. The molecular weight excluding hydrogens is 242 g/mol. The predicted molar refractivity (Wildman–Crippen MR) is 82.9 cm³/mol. The molecule has 1 atom stereocenters. The summed E-state index contributed by atoms with van der Waals surface area (Å²) in [5, 5.41) is 1.32. The minimum Gasteiger partial charge on any atom is -0.349 e. The van der Waals surface area contributed by atoms with Crippen LogP contribution in [0.2, 0.25) is 44.8 Å². The average molecular weight is 272 g/mol. The van der Waals surface area contributed by atoms with Gasteiger partial charge in [-0.15, -0.1) is 6.58 Å². The van der Waals surface area contributed by atoms with Gasteiger partial charge in [-0.25, -0.2) is 0 Å². The third kappa shape index (κ3) is 5.21. The van der Waals surface area contributed by atoms with Gasteiger partial charge in [0.2, 0.25) is 5.91 Å². The Kier molecular flexibility index (Phi) is 5.41. The van der Waals surface area contributed by atoms with E-state index in [4.69, 9.17) is 0 Å². The van der Waals surface area contributed by atoms with Gasteiger partial charge >= 0.3 is 0 Å². The largest absolute Gasteiger partial charge is 0.349 e. The van der Waals surface area contributed by atoms with Crippen molar-refractivity contribution in [3.05, 3.63) is 11.8 Å². The molecular formula is C13H29NOSi2. The van der Waals surface area contributed by atoms with Crippen LogP contribution in [-0.4, -0.2) is 41.1 Å². The van der Waals surface area contributed by atoms with Crippen molar-refractivity contribution in [1.82, 2.24) is 4.90 Å². The molecule has 0 aliphatic rings. The highest BCUT2D eigenvalue weighted by molar-refractivity contribution is 6.84. The lowest BCUT2D eigenvalue weighted by molar-refractivity contribution is -0.128. The molecule has 0 aliphatic carbocycles. The molecule has 0 aliphatic heterocycles.